The zero-order valence-corrected chi connectivity index (χ0v) is 23.0. The van der Waals surface area contributed by atoms with E-state index in [0.29, 0.717) is 19.3 Å². The number of ether oxygens (including phenoxy) is 2. The SMILES string of the molecule is CC.Cl.c1ccc(C(c2ccccc2)N2CC(OCc3ccco3)C2)cc1.c1coc(COC2CNC2)c1. The molecular formula is C31H39ClN2O4. The zero-order valence-electron chi connectivity index (χ0n) is 22.2. The molecule has 6 rings (SSSR count). The van der Waals surface area contributed by atoms with E-state index in [2.05, 4.69) is 70.9 Å². The summed E-state index contributed by atoms with van der Waals surface area (Å²) >= 11 is 0. The molecule has 2 fully saturated rings. The average molecular weight is 539 g/mol. The van der Waals surface area contributed by atoms with Crippen molar-refractivity contribution < 1.29 is 18.3 Å². The van der Waals surface area contributed by atoms with Gasteiger partial charge in [-0.3, -0.25) is 4.90 Å². The molecule has 0 saturated carbocycles. The summed E-state index contributed by atoms with van der Waals surface area (Å²) < 4.78 is 21.8. The van der Waals surface area contributed by atoms with Crippen molar-refractivity contribution in [2.24, 2.45) is 0 Å². The van der Waals surface area contributed by atoms with Crippen LogP contribution in [0.4, 0.5) is 0 Å². The molecule has 38 heavy (non-hydrogen) atoms. The van der Waals surface area contributed by atoms with Crippen LogP contribution in [0.25, 0.3) is 0 Å². The lowest BCUT2D eigenvalue weighted by Crippen LogP contribution is -2.53. The minimum Gasteiger partial charge on any atom is -0.467 e. The Morgan fingerprint density at radius 3 is 1.58 bits per heavy atom. The van der Waals surface area contributed by atoms with Crippen LogP contribution in [0.3, 0.4) is 0 Å². The molecule has 0 unspecified atom stereocenters. The lowest BCUT2D eigenvalue weighted by molar-refractivity contribution is -0.0779. The predicted octanol–water partition coefficient (Wildman–Crippen LogP) is 6.49. The number of benzene rings is 2. The van der Waals surface area contributed by atoms with E-state index in [1.54, 1.807) is 12.5 Å². The Hall–Kier alpha value is -2.87. The summed E-state index contributed by atoms with van der Waals surface area (Å²) in [4.78, 5) is 2.47. The van der Waals surface area contributed by atoms with Crippen LogP contribution >= 0.6 is 12.4 Å². The highest BCUT2D eigenvalue weighted by Crippen LogP contribution is 2.33. The Kier molecular flexibility index (Phi) is 12.6. The minimum absolute atomic E-state index is 0. The zero-order chi connectivity index (χ0) is 25.7. The number of likely N-dealkylation sites (tertiary alicyclic amines) is 1. The van der Waals surface area contributed by atoms with E-state index >= 15 is 0 Å². The topological polar surface area (TPSA) is 60.0 Å². The summed E-state index contributed by atoms with van der Waals surface area (Å²) in [6, 6.07) is 29.3. The van der Waals surface area contributed by atoms with E-state index in [9.17, 15) is 0 Å². The van der Waals surface area contributed by atoms with Crippen molar-refractivity contribution >= 4 is 12.4 Å². The number of nitrogens with one attached hydrogen (secondary N) is 1. The Morgan fingerprint density at radius 2 is 1.18 bits per heavy atom. The van der Waals surface area contributed by atoms with Crippen molar-refractivity contribution in [3.05, 3.63) is 120 Å². The van der Waals surface area contributed by atoms with Crippen LogP contribution in [0.1, 0.15) is 42.5 Å². The molecule has 4 aromatic rings. The fraction of sp³-hybridized carbons (Fsp3) is 0.355. The third kappa shape index (κ3) is 8.58. The standard InChI is InChI=1S/C21H21NO2.C8H11NO2.C2H6.ClH/c1-3-8-17(9-4-1)21(18-10-5-2-6-11-18)22-14-20(15-22)24-16-19-12-7-13-23-19;1-2-7(10-3-1)6-11-8-4-9-5-8;1-2;/h1-13,20-21H,14-16H2;1-3,8-9H,4-6H2;1-2H3;1H. The summed E-state index contributed by atoms with van der Waals surface area (Å²) in [7, 11) is 0. The summed E-state index contributed by atoms with van der Waals surface area (Å²) in [5.74, 6) is 1.79. The van der Waals surface area contributed by atoms with Crippen molar-refractivity contribution in [2.75, 3.05) is 26.2 Å². The first-order valence-corrected chi connectivity index (χ1v) is 13.2. The Bertz CT molecular complexity index is 1060. The van der Waals surface area contributed by atoms with Crippen LogP contribution in [0.2, 0.25) is 0 Å². The van der Waals surface area contributed by atoms with Crippen molar-refractivity contribution in [3.8, 4) is 0 Å². The van der Waals surface area contributed by atoms with E-state index in [1.165, 1.54) is 11.1 Å². The molecule has 2 aliphatic heterocycles. The molecule has 2 saturated heterocycles. The molecular weight excluding hydrogens is 500 g/mol. The monoisotopic (exact) mass is 538 g/mol. The number of furan rings is 2. The smallest absolute Gasteiger partial charge is 0.129 e. The van der Waals surface area contributed by atoms with Gasteiger partial charge < -0.3 is 23.6 Å². The molecule has 2 aromatic carbocycles. The van der Waals surface area contributed by atoms with Gasteiger partial charge in [0.1, 0.15) is 24.7 Å². The molecule has 6 nitrogen and oxygen atoms in total. The molecule has 0 atom stereocenters. The molecule has 0 bridgehead atoms. The first kappa shape index (κ1) is 29.7. The maximum atomic E-state index is 5.94. The molecule has 1 N–H and O–H groups in total. The highest BCUT2D eigenvalue weighted by Gasteiger charge is 2.34. The molecule has 0 amide bonds. The largest absolute Gasteiger partial charge is 0.467 e. The average Bonchev–Trinajstić information content (AvgIpc) is 3.62. The molecule has 204 valence electrons. The van der Waals surface area contributed by atoms with E-state index in [0.717, 1.165) is 37.7 Å². The molecule has 0 spiro atoms. The minimum atomic E-state index is 0. The fourth-order valence-electron chi connectivity index (χ4n) is 4.24. The second-order valence-electron chi connectivity index (χ2n) is 8.86. The number of hydrogen-bond donors (Lipinski definition) is 1. The van der Waals surface area contributed by atoms with Crippen LogP contribution in [-0.2, 0) is 22.7 Å². The van der Waals surface area contributed by atoms with Crippen molar-refractivity contribution in [3.63, 3.8) is 0 Å². The number of nitrogens with zero attached hydrogens (tertiary/aromatic N) is 1. The van der Waals surface area contributed by atoms with Crippen LogP contribution in [0.5, 0.6) is 0 Å². The van der Waals surface area contributed by atoms with Gasteiger partial charge in [0, 0.05) is 26.2 Å². The summed E-state index contributed by atoms with van der Waals surface area (Å²) in [5.41, 5.74) is 2.65. The lowest BCUT2D eigenvalue weighted by atomic mass is 9.94. The number of hydrogen-bond acceptors (Lipinski definition) is 6. The van der Waals surface area contributed by atoms with Crippen molar-refractivity contribution in [1.29, 1.82) is 0 Å². The van der Waals surface area contributed by atoms with Crippen LogP contribution in [-0.4, -0.2) is 43.3 Å². The summed E-state index contributed by atoms with van der Waals surface area (Å²) in [6.45, 7) is 8.97. The predicted molar refractivity (Wildman–Crippen MR) is 152 cm³/mol. The van der Waals surface area contributed by atoms with Crippen LogP contribution in [0, 0.1) is 0 Å². The Balaban J connectivity index is 0.000000240. The normalized spacial score (nSPS) is 15.2. The molecule has 0 radical (unpaired) electrons. The summed E-state index contributed by atoms with van der Waals surface area (Å²) in [6.07, 6.45) is 4.01. The van der Waals surface area contributed by atoms with E-state index in [1.807, 2.05) is 38.1 Å². The van der Waals surface area contributed by atoms with Crippen LogP contribution in [0.15, 0.2) is 106 Å². The molecule has 0 aliphatic carbocycles. The maximum Gasteiger partial charge on any atom is 0.129 e. The van der Waals surface area contributed by atoms with Gasteiger partial charge in [-0.2, -0.15) is 0 Å². The third-order valence-corrected chi connectivity index (χ3v) is 6.30. The van der Waals surface area contributed by atoms with Gasteiger partial charge in [-0.15, -0.1) is 12.4 Å². The molecule has 2 aliphatic rings. The van der Waals surface area contributed by atoms with Gasteiger partial charge in [0.15, 0.2) is 0 Å². The van der Waals surface area contributed by atoms with E-state index < -0.39 is 0 Å². The van der Waals surface area contributed by atoms with Gasteiger partial charge in [-0.05, 0) is 35.4 Å². The number of halogens is 1. The van der Waals surface area contributed by atoms with Crippen molar-refractivity contribution in [1.82, 2.24) is 10.2 Å². The van der Waals surface area contributed by atoms with Gasteiger partial charge in [-0.25, -0.2) is 0 Å². The van der Waals surface area contributed by atoms with Gasteiger partial charge in [0.25, 0.3) is 0 Å². The first-order chi connectivity index (χ1) is 18.3. The quantitative estimate of drug-likeness (QED) is 0.263. The van der Waals surface area contributed by atoms with Crippen molar-refractivity contribution in [2.45, 2.75) is 45.3 Å². The highest BCUT2D eigenvalue weighted by molar-refractivity contribution is 5.85. The van der Waals surface area contributed by atoms with Crippen LogP contribution < -0.4 is 5.32 Å². The highest BCUT2D eigenvalue weighted by atomic mass is 35.5. The third-order valence-electron chi connectivity index (χ3n) is 6.30. The van der Waals surface area contributed by atoms with Gasteiger partial charge >= 0.3 is 0 Å². The second kappa shape index (κ2) is 16.2. The number of rotatable bonds is 9. The Labute approximate surface area is 232 Å². The Morgan fingerprint density at radius 1 is 0.711 bits per heavy atom. The van der Waals surface area contributed by atoms with E-state index in [4.69, 9.17) is 18.3 Å². The molecule has 2 aromatic heterocycles. The lowest BCUT2D eigenvalue weighted by Gasteiger charge is -2.44. The maximum absolute atomic E-state index is 5.94. The second-order valence-corrected chi connectivity index (χ2v) is 8.86. The van der Waals surface area contributed by atoms with Gasteiger partial charge in [-0.1, -0.05) is 74.5 Å². The van der Waals surface area contributed by atoms with E-state index in [-0.39, 0.29) is 24.6 Å². The fourth-order valence-corrected chi connectivity index (χ4v) is 4.24. The van der Waals surface area contributed by atoms with Gasteiger partial charge in [0.2, 0.25) is 0 Å². The molecule has 7 heteroatoms. The first-order valence-electron chi connectivity index (χ1n) is 13.2. The molecule has 4 heterocycles. The van der Waals surface area contributed by atoms with Gasteiger partial charge in [0.05, 0.1) is 30.8 Å². The summed E-state index contributed by atoms with van der Waals surface area (Å²) in [5, 5.41) is 3.14.